The third kappa shape index (κ3) is 24.3. The highest BCUT2D eigenvalue weighted by Crippen LogP contribution is 2.13. The largest absolute Gasteiger partial charge is 0.379 e. The second-order valence-electron chi connectivity index (χ2n) is 7.25. The lowest BCUT2D eigenvalue weighted by atomic mass is 10.0. The lowest BCUT2D eigenvalue weighted by molar-refractivity contribution is 0.0523. The van der Waals surface area contributed by atoms with E-state index in [0.717, 1.165) is 25.6 Å². The van der Waals surface area contributed by atoms with Gasteiger partial charge >= 0.3 is 0 Å². The van der Waals surface area contributed by atoms with Crippen molar-refractivity contribution < 1.29 is 9.47 Å². The van der Waals surface area contributed by atoms with Crippen LogP contribution in [0, 0.1) is 0 Å². The molecule has 0 spiro atoms. The number of thiol groups is 1. The summed E-state index contributed by atoms with van der Waals surface area (Å²) in [4.78, 5) is 0. The van der Waals surface area contributed by atoms with Crippen molar-refractivity contribution >= 4 is 12.6 Å². The summed E-state index contributed by atoms with van der Waals surface area (Å²) in [5, 5.41) is 0. The van der Waals surface area contributed by atoms with E-state index in [0.29, 0.717) is 6.61 Å². The topological polar surface area (TPSA) is 18.5 Å². The molecule has 2 nitrogen and oxygen atoms in total. The summed E-state index contributed by atoms with van der Waals surface area (Å²) >= 11 is 4.10. The number of hydrogen-bond donors (Lipinski definition) is 1. The van der Waals surface area contributed by atoms with Gasteiger partial charge in [0.05, 0.1) is 19.8 Å². The molecule has 25 heavy (non-hydrogen) atoms. The van der Waals surface area contributed by atoms with E-state index in [1.54, 1.807) is 0 Å². The van der Waals surface area contributed by atoms with Gasteiger partial charge in [-0.05, 0) is 6.42 Å². The van der Waals surface area contributed by atoms with Crippen LogP contribution in [-0.2, 0) is 9.47 Å². The Hall–Kier alpha value is 0.270. The van der Waals surface area contributed by atoms with E-state index in [2.05, 4.69) is 19.6 Å². The fraction of sp³-hybridized carbons (Fsp3) is 1.00. The lowest BCUT2D eigenvalue weighted by Gasteiger charge is -2.05. The highest BCUT2D eigenvalue weighted by molar-refractivity contribution is 7.80. The zero-order valence-electron chi connectivity index (χ0n) is 17.1. The van der Waals surface area contributed by atoms with Crippen molar-refractivity contribution in [3.05, 3.63) is 0 Å². The first-order valence-corrected chi connectivity index (χ1v) is 11.8. The number of ether oxygens (including phenoxy) is 2. The van der Waals surface area contributed by atoms with Crippen LogP contribution in [0.3, 0.4) is 0 Å². The predicted octanol–water partition coefficient (Wildman–Crippen LogP) is 7.21. The SMILES string of the molecule is CCCCCCCCCCCCCCCCCCOCCOCCS. The van der Waals surface area contributed by atoms with E-state index >= 15 is 0 Å². The van der Waals surface area contributed by atoms with Crippen LogP contribution in [0.2, 0.25) is 0 Å². The van der Waals surface area contributed by atoms with E-state index < -0.39 is 0 Å². The standard InChI is InChI=1S/C22H46O2S/c1-2-3-4-5-6-7-8-9-10-11-12-13-14-15-16-17-18-23-19-20-24-21-22-25/h25H,2-22H2,1H3. The van der Waals surface area contributed by atoms with Crippen molar-refractivity contribution in [2.45, 2.75) is 110 Å². The van der Waals surface area contributed by atoms with Gasteiger partial charge in [0.1, 0.15) is 0 Å². The van der Waals surface area contributed by atoms with Gasteiger partial charge in [0.25, 0.3) is 0 Å². The first kappa shape index (κ1) is 25.3. The van der Waals surface area contributed by atoms with E-state index in [-0.39, 0.29) is 0 Å². The molecular weight excluding hydrogens is 328 g/mol. The van der Waals surface area contributed by atoms with Gasteiger partial charge < -0.3 is 9.47 Å². The molecule has 0 radical (unpaired) electrons. The van der Waals surface area contributed by atoms with E-state index in [9.17, 15) is 0 Å². The fourth-order valence-corrected chi connectivity index (χ4v) is 3.27. The van der Waals surface area contributed by atoms with Crippen LogP contribution in [0.5, 0.6) is 0 Å². The Kier molecular flexibility index (Phi) is 24.5. The van der Waals surface area contributed by atoms with Crippen molar-refractivity contribution in [2.75, 3.05) is 32.2 Å². The third-order valence-corrected chi connectivity index (χ3v) is 4.93. The monoisotopic (exact) mass is 374 g/mol. The van der Waals surface area contributed by atoms with Gasteiger partial charge in [0.15, 0.2) is 0 Å². The second-order valence-corrected chi connectivity index (χ2v) is 7.70. The second kappa shape index (κ2) is 24.3. The van der Waals surface area contributed by atoms with E-state index in [1.807, 2.05) is 0 Å². The molecule has 0 aromatic rings. The van der Waals surface area contributed by atoms with E-state index in [1.165, 1.54) is 103 Å². The molecule has 3 heteroatoms. The van der Waals surface area contributed by atoms with Crippen LogP contribution < -0.4 is 0 Å². The summed E-state index contributed by atoms with van der Waals surface area (Å²) in [6, 6.07) is 0. The Bertz CT molecular complexity index is 202. The summed E-state index contributed by atoms with van der Waals surface area (Å²) in [5.74, 6) is 0.791. The van der Waals surface area contributed by atoms with Crippen LogP contribution >= 0.6 is 12.6 Å². The molecule has 0 atom stereocenters. The molecule has 0 unspecified atom stereocenters. The molecule has 0 saturated carbocycles. The molecule has 0 N–H and O–H groups in total. The predicted molar refractivity (Wildman–Crippen MR) is 115 cm³/mol. The molecule has 0 aliphatic heterocycles. The van der Waals surface area contributed by atoms with Gasteiger partial charge in [-0.2, -0.15) is 12.6 Å². The first-order chi connectivity index (χ1) is 12.4. The minimum Gasteiger partial charge on any atom is -0.379 e. The quantitative estimate of drug-likeness (QED) is 0.159. The molecule has 0 aromatic heterocycles. The van der Waals surface area contributed by atoms with Gasteiger partial charge in [0.2, 0.25) is 0 Å². The lowest BCUT2D eigenvalue weighted by Crippen LogP contribution is -2.06. The van der Waals surface area contributed by atoms with Crippen LogP contribution in [0.4, 0.5) is 0 Å². The number of hydrogen-bond acceptors (Lipinski definition) is 3. The Morgan fingerprint density at radius 1 is 0.440 bits per heavy atom. The highest BCUT2D eigenvalue weighted by Gasteiger charge is 1.95. The smallest absolute Gasteiger partial charge is 0.0700 e. The Balaban J connectivity index is 2.94. The van der Waals surface area contributed by atoms with Gasteiger partial charge in [-0.3, -0.25) is 0 Å². The number of unbranched alkanes of at least 4 members (excludes halogenated alkanes) is 15. The van der Waals surface area contributed by atoms with Crippen molar-refractivity contribution in [1.29, 1.82) is 0 Å². The van der Waals surface area contributed by atoms with Gasteiger partial charge in [-0.15, -0.1) is 0 Å². The molecule has 0 bridgehead atoms. The molecule has 0 heterocycles. The maximum atomic E-state index is 5.55. The van der Waals surface area contributed by atoms with Gasteiger partial charge in [-0.1, -0.05) is 103 Å². The van der Waals surface area contributed by atoms with Crippen LogP contribution in [0.25, 0.3) is 0 Å². The van der Waals surface area contributed by atoms with E-state index in [4.69, 9.17) is 9.47 Å². The van der Waals surface area contributed by atoms with Crippen molar-refractivity contribution in [1.82, 2.24) is 0 Å². The summed E-state index contributed by atoms with van der Waals surface area (Å²) in [6.45, 7) is 5.35. The maximum Gasteiger partial charge on any atom is 0.0700 e. The Morgan fingerprint density at radius 2 is 0.800 bits per heavy atom. The molecule has 0 saturated heterocycles. The normalized spacial score (nSPS) is 11.3. The molecule has 0 aliphatic carbocycles. The summed E-state index contributed by atoms with van der Waals surface area (Å²) < 4.78 is 10.9. The van der Waals surface area contributed by atoms with Crippen molar-refractivity contribution in [2.24, 2.45) is 0 Å². The minimum atomic E-state index is 0.708. The summed E-state index contributed by atoms with van der Waals surface area (Å²) in [6.07, 6.45) is 22.6. The summed E-state index contributed by atoms with van der Waals surface area (Å²) in [5.41, 5.74) is 0. The van der Waals surface area contributed by atoms with Gasteiger partial charge in [-0.25, -0.2) is 0 Å². The third-order valence-electron chi connectivity index (χ3n) is 4.75. The molecule has 0 aromatic carbocycles. The molecule has 0 rings (SSSR count). The number of rotatable bonds is 22. The Labute approximate surface area is 164 Å². The highest BCUT2D eigenvalue weighted by atomic mass is 32.1. The zero-order valence-corrected chi connectivity index (χ0v) is 18.0. The average molecular weight is 375 g/mol. The average Bonchev–Trinajstić information content (AvgIpc) is 2.63. The maximum absolute atomic E-state index is 5.55. The summed E-state index contributed by atoms with van der Waals surface area (Å²) in [7, 11) is 0. The van der Waals surface area contributed by atoms with Crippen molar-refractivity contribution in [3.8, 4) is 0 Å². The van der Waals surface area contributed by atoms with Crippen molar-refractivity contribution in [3.63, 3.8) is 0 Å². The first-order valence-electron chi connectivity index (χ1n) is 11.2. The molecule has 0 amide bonds. The zero-order chi connectivity index (χ0) is 18.3. The van der Waals surface area contributed by atoms with Crippen LogP contribution in [-0.4, -0.2) is 32.2 Å². The van der Waals surface area contributed by atoms with Gasteiger partial charge in [0, 0.05) is 12.4 Å². The Morgan fingerprint density at radius 3 is 1.20 bits per heavy atom. The van der Waals surface area contributed by atoms with Crippen LogP contribution in [0.1, 0.15) is 110 Å². The fourth-order valence-electron chi connectivity index (χ4n) is 3.14. The molecule has 0 aliphatic rings. The molecule has 152 valence electrons. The molecular formula is C22H46O2S. The minimum absolute atomic E-state index is 0.708. The van der Waals surface area contributed by atoms with Crippen LogP contribution in [0.15, 0.2) is 0 Å². The molecule has 0 fully saturated rings.